The lowest BCUT2D eigenvalue weighted by molar-refractivity contribution is -0.162. The van der Waals surface area contributed by atoms with E-state index in [4.69, 9.17) is 4.74 Å². The van der Waals surface area contributed by atoms with E-state index in [0.717, 1.165) is 25.7 Å². The number of hydrogen-bond acceptors (Lipinski definition) is 2. The molecule has 0 heterocycles. The third kappa shape index (κ3) is 1.92. The Bertz CT molecular complexity index is 358. The number of ether oxygens (including phenoxy) is 1. The fraction of sp³-hybridized carbons (Fsp3) is 0.800. The standard InChI is InChI=1S/C15H24O2/c1-11-6-7-12-14(2,10-11)8-5-9-15(12,3)13(16)17-4/h10,12H,5-9H2,1-4H3. The lowest BCUT2D eigenvalue weighted by Crippen LogP contribution is -2.49. The molecule has 0 bridgehead atoms. The summed E-state index contributed by atoms with van der Waals surface area (Å²) in [5.74, 6) is 0.432. The largest absolute Gasteiger partial charge is 0.469 e. The second kappa shape index (κ2) is 4.15. The van der Waals surface area contributed by atoms with E-state index in [2.05, 4.69) is 26.8 Å². The van der Waals surface area contributed by atoms with Crippen LogP contribution in [0.25, 0.3) is 0 Å². The van der Waals surface area contributed by atoms with E-state index >= 15 is 0 Å². The van der Waals surface area contributed by atoms with Gasteiger partial charge in [0.25, 0.3) is 0 Å². The summed E-state index contributed by atoms with van der Waals surface area (Å²) in [5.41, 5.74) is 1.40. The van der Waals surface area contributed by atoms with E-state index in [-0.39, 0.29) is 16.8 Å². The van der Waals surface area contributed by atoms with E-state index in [0.29, 0.717) is 5.92 Å². The Morgan fingerprint density at radius 1 is 1.41 bits per heavy atom. The van der Waals surface area contributed by atoms with Crippen molar-refractivity contribution in [3.05, 3.63) is 11.6 Å². The van der Waals surface area contributed by atoms with Crippen molar-refractivity contribution in [1.29, 1.82) is 0 Å². The van der Waals surface area contributed by atoms with Gasteiger partial charge in [-0.3, -0.25) is 4.79 Å². The molecule has 0 aromatic rings. The van der Waals surface area contributed by atoms with Crippen molar-refractivity contribution in [3.63, 3.8) is 0 Å². The number of rotatable bonds is 1. The number of hydrogen-bond donors (Lipinski definition) is 0. The first-order chi connectivity index (χ1) is 7.92. The van der Waals surface area contributed by atoms with Gasteiger partial charge in [-0.25, -0.2) is 0 Å². The molecule has 0 aliphatic heterocycles. The summed E-state index contributed by atoms with van der Waals surface area (Å²) in [6.45, 7) is 6.64. The highest BCUT2D eigenvalue weighted by atomic mass is 16.5. The Kier molecular flexibility index (Phi) is 3.09. The van der Waals surface area contributed by atoms with Crippen molar-refractivity contribution in [2.24, 2.45) is 16.7 Å². The fourth-order valence-electron chi connectivity index (χ4n) is 4.22. The van der Waals surface area contributed by atoms with E-state index in [1.165, 1.54) is 19.1 Å². The molecule has 2 aliphatic rings. The molecule has 0 saturated heterocycles. The first kappa shape index (κ1) is 12.7. The first-order valence-electron chi connectivity index (χ1n) is 6.69. The number of fused-ring (bicyclic) bond motifs is 1. The molecule has 96 valence electrons. The molecule has 0 aromatic heterocycles. The highest BCUT2D eigenvalue weighted by Crippen LogP contribution is 2.56. The Morgan fingerprint density at radius 3 is 2.76 bits per heavy atom. The van der Waals surface area contributed by atoms with Gasteiger partial charge in [-0.05, 0) is 50.9 Å². The van der Waals surface area contributed by atoms with Gasteiger partial charge in [0.2, 0.25) is 0 Å². The second-order valence-corrected chi connectivity index (χ2v) is 6.35. The molecule has 2 nitrogen and oxygen atoms in total. The average Bonchev–Trinajstić information content (AvgIpc) is 2.26. The van der Waals surface area contributed by atoms with Gasteiger partial charge < -0.3 is 4.74 Å². The second-order valence-electron chi connectivity index (χ2n) is 6.35. The van der Waals surface area contributed by atoms with Crippen LogP contribution in [0, 0.1) is 16.7 Å². The lowest BCUT2D eigenvalue weighted by atomic mass is 9.52. The SMILES string of the molecule is COC(=O)C1(C)CCCC2(C)C=C(C)CCC21. The molecule has 3 unspecified atom stereocenters. The van der Waals surface area contributed by atoms with Crippen molar-refractivity contribution in [1.82, 2.24) is 0 Å². The molecule has 0 aromatic carbocycles. The van der Waals surface area contributed by atoms with Crippen LogP contribution in [0.15, 0.2) is 11.6 Å². The van der Waals surface area contributed by atoms with Gasteiger partial charge in [0, 0.05) is 0 Å². The third-order valence-electron chi connectivity index (χ3n) is 5.03. The van der Waals surface area contributed by atoms with Crippen LogP contribution in [0.2, 0.25) is 0 Å². The molecule has 2 rings (SSSR count). The van der Waals surface area contributed by atoms with Gasteiger partial charge in [0.05, 0.1) is 12.5 Å². The van der Waals surface area contributed by atoms with Gasteiger partial charge >= 0.3 is 5.97 Å². The van der Waals surface area contributed by atoms with Crippen molar-refractivity contribution in [2.45, 2.75) is 52.9 Å². The summed E-state index contributed by atoms with van der Waals surface area (Å²) < 4.78 is 5.05. The molecule has 0 amide bonds. The highest BCUT2D eigenvalue weighted by molar-refractivity contribution is 5.77. The van der Waals surface area contributed by atoms with Gasteiger partial charge in [-0.1, -0.05) is 25.0 Å². The Balaban J connectivity index is 2.37. The highest BCUT2D eigenvalue weighted by Gasteiger charge is 2.53. The lowest BCUT2D eigenvalue weighted by Gasteiger charge is -2.51. The molecular weight excluding hydrogens is 212 g/mol. The maximum atomic E-state index is 12.1. The molecule has 1 saturated carbocycles. The van der Waals surface area contributed by atoms with Crippen LogP contribution >= 0.6 is 0 Å². The van der Waals surface area contributed by atoms with Crippen molar-refractivity contribution in [2.75, 3.05) is 7.11 Å². The molecule has 2 heteroatoms. The number of carbonyl (C=O) groups excluding carboxylic acids is 1. The monoisotopic (exact) mass is 236 g/mol. The predicted octanol–water partition coefficient (Wildman–Crippen LogP) is 3.71. The Hall–Kier alpha value is -0.790. The average molecular weight is 236 g/mol. The molecule has 0 radical (unpaired) electrons. The Labute approximate surface area is 104 Å². The van der Waals surface area contributed by atoms with E-state index < -0.39 is 0 Å². The van der Waals surface area contributed by atoms with Crippen molar-refractivity contribution >= 4 is 5.97 Å². The summed E-state index contributed by atoms with van der Waals surface area (Å²) in [5, 5.41) is 0. The van der Waals surface area contributed by atoms with Gasteiger partial charge in [-0.15, -0.1) is 0 Å². The van der Waals surface area contributed by atoms with Crippen LogP contribution < -0.4 is 0 Å². The smallest absolute Gasteiger partial charge is 0.311 e. The third-order valence-corrected chi connectivity index (χ3v) is 5.03. The zero-order valence-electron chi connectivity index (χ0n) is 11.5. The van der Waals surface area contributed by atoms with Gasteiger partial charge in [0.15, 0.2) is 0 Å². The summed E-state index contributed by atoms with van der Waals surface area (Å²) in [4.78, 5) is 12.1. The molecular formula is C15H24O2. The van der Waals surface area contributed by atoms with Gasteiger partial charge in [0.1, 0.15) is 0 Å². The van der Waals surface area contributed by atoms with Crippen LogP contribution in [-0.2, 0) is 9.53 Å². The van der Waals surface area contributed by atoms with Crippen LogP contribution in [0.1, 0.15) is 52.9 Å². The number of methoxy groups -OCH3 is 1. The maximum absolute atomic E-state index is 12.1. The van der Waals surface area contributed by atoms with Crippen molar-refractivity contribution in [3.8, 4) is 0 Å². The first-order valence-corrected chi connectivity index (χ1v) is 6.69. The number of carbonyl (C=O) groups is 1. The maximum Gasteiger partial charge on any atom is 0.311 e. The Morgan fingerprint density at radius 2 is 2.12 bits per heavy atom. The normalized spacial score (nSPS) is 41.4. The topological polar surface area (TPSA) is 26.3 Å². The van der Waals surface area contributed by atoms with E-state index in [1.807, 2.05) is 0 Å². The van der Waals surface area contributed by atoms with E-state index in [9.17, 15) is 4.79 Å². The predicted molar refractivity (Wildman–Crippen MR) is 68.6 cm³/mol. The van der Waals surface area contributed by atoms with Gasteiger partial charge in [-0.2, -0.15) is 0 Å². The number of esters is 1. The van der Waals surface area contributed by atoms with Crippen LogP contribution in [0.3, 0.4) is 0 Å². The zero-order chi connectivity index (χ0) is 12.7. The zero-order valence-corrected chi connectivity index (χ0v) is 11.5. The summed E-state index contributed by atoms with van der Waals surface area (Å²) in [7, 11) is 1.52. The molecule has 17 heavy (non-hydrogen) atoms. The molecule has 2 aliphatic carbocycles. The quantitative estimate of drug-likeness (QED) is 0.512. The van der Waals surface area contributed by atoms with Crippen LogP contribution in [-0.4, -0.2) is 13.1 Å². The molecule has 0 N–H and O–H groups in total. The minimum atomic E-state index is -0.279. The van der Waals surface area contributed by atoms with Crippen LogP contribution in [0.4, 0.5) is 0 Å². The minimum Gasteiger partial charge on any atom is -0.469 e. The molecule has 3 atom stereocenters. The summed E-state index contributed by atoms with van der Waals surface area (Å²) in [6, 6.07) is 0. The molecule has 1 fully saturated rings. The number of allylic oxidation sites excluding steroid dienone is 2. The van der Waals surface area contributed by atoms with E-state index in [1.54, 1.807) is 0 Å². The van der Waals surface area contributed by atoms with Crippen LogP contribution in [0.5, 0.6) is 0 Å². The minimum absolute atomic E-state index is 0.0126. The van der Waals surface area contributed by atoms with Crippen molar-refractivity contribution < 1.29 is 9.53 Å². The summed E-state index contributed by atoms with van der Waals surface area (Å²) >= 11 is 0. The fourth-order valence-corrected chi connectivity index (χ4v) is 4.22. The molecule has 0 spiro atoms. The summed E-state index contributed by atoms with van der Waals surface area (Å²) in [6.07, 6.45) is 8.00.